The molecule has 6 nitrogen and oxygen atoms in total. The summed E-state index contributed by atoms with van der Waals surface area (Å²) in [5.74, 6) is -0.443. The Morgan fingerprint density at radius 2 is 2.08 bits per heavy atom. The second-order valence-corrected chi connectivity index (χ2v) is 7.62. The average Bonchev–Trinajstić information content (AvgIpc) is 3.27. The van der Waals surface area contributed by atoms with Crippen molar-refractivity contribution in [2.45, 2.75) is 38.6 Å². The van der Waals surface area contributed by atoms with E-state index in [0.29, 0.717) is 29.8 Å². The van der Waals surface area contributed by atoms with Crippen LogP contribution in [0.25, 0.3) is 0 Å². The molecule has 1 amide bonds. The van der Waals surface area contributed by atoms with Crippen molar-refractivity contribution in [2.75, 3.05) is 44.6 Å². The maximum Gasteiger partial charge on any atom is 0.341 e. The molecule has 7 heteroatoms. The van der Waals surface area contributed by atoms with Crippen LogP contribution < -0.4 is 5.32 Å². The molecular weight excluding hydrogens is 338 g/mol. The summed E-state index contributed by atoms with van der Waals surface area (Å²) >= 11 is 1.36. The van der Waals surface area contributed by atoms with Crippen LogP contribution in [-0.2, 0) is 9.53 Å². The Labute approximate surface area is 153 Å². The molecule has 3 heterocycles. The molecule has 1 aromatic rings. The number of anilines is 1. The molecule has 3 rings (SSSR count). The number of hydrogen-bond donors (Lipinski definition) is 1. The van der Waals surface area contributed by atoms with Crippen molar-refractivity contribution in [3.8, 4) is 0 Å². The number of nitrogens with one attached hydrogen (secondary N) is 1. The highest BCUT2D eigenvalue weighted by atomic mass is 32.1. The number of nitrogens with zero attached hydrogens (tertiary/aromatic N) is 2. The van der Waals surface area contributed by atoms with E-state index in [1.165, 1.54) is 43.7 Å². The van der Waals surface area contributed by atoms with Crippen molar-refractivity contribution in [3.05, 3.63) is 17.0 Å². The van der Waals surface area contributed by atoms with Crippen LogP contribution >= 0.6 is 11.3 Å². The molecule has 0 spiro atoms. The second-order valence-electron chi connectivity index (χ2n) is 6.71. The number of rotatable bonds is 6. The van der Waals surface area contributed by atoms with Gasteiger partial charge in [-0.15, -0.1) is 11.3 Å². The first-order chi connectivity index (χ1) is 12.2. The summed E-state index contributed by atoms with van der Waals surface area (Å²) in [6, 6.07) is 2.28. The van der Waals surface area contributed by atoms with Crippen molar-refractivity contribution in [2.24, 2.45) is 0 Å². The van der Waals surface area contributed by atoms with Crippen molar-refractivity contribution in [1.82, 2.24) is 9.80 Å². The zero-order valence-electron chi connectivity index (χ0n) is 14.8. The zero-order valence-corrected chi connectivity index (χ0v) is 15.6. The van der Waals surface area contributed by atoms with Crippen molar-refractivity contribution in [1.29, 1.82) is 0 Å². The number of hydrogen-bond acceptors (Lipinski definition) is 6. The van der Waals surface area contributed by atoms with Gasteiger partial charge >= 0.3 is 5.97 Å². The van der Waals surface area contributed by atoms with Crippen LogP contribution in [0.3, 0.4) is 0 Å². The highest BCUT2D eigenvalue weighted by Gasteiger charge is 2.28. The lowest BCUT2D eigenvalue weighted by Crippen LogP contribution is -2.48. The van der Waals surface area contributed by atoms with E-state index in [2.05, 4.69) is 15.1 Å². The summed E-state index contributed by atoms with van der Waals surface area (Å²) in [5, 5.41) is 5.26. The molecule has 1 unspecified atom stereocenters. The largest absolute Gasteiger partial charge is 0.462 e. The number of thiophene rings is 1. The molecule has 0 saturated carbocycles. The van der Waals surface area contributed by atoms with Gasteiger partial charge in [-0.3, -0.25) is 14.6 Å². The maximum absolute atomic E-state index is 12.4. The van der Waals surface area contributed by atoms with Gasteiger partial charge in [0.25, 0.3) is 0 Å². The quantitative estimate of drug-likeness (QED) is 0.785. The van der Waals surface area contributed by atoms with Crippen LogP contribution in [0.4, 0.5) is 5.00 Å². The Kier molecular flexibility index (Phi) is 6.45. The number of piperidine rings is 1. The third-order valence-corrected chi connectivity index (χ3v) is 5.75. The lowest BCUT2D eigenvalue weighted by Gasteiger charge is -2.37. The molecule has 2 fully saturated rings. The Morgan fingerprint density at radius 3 is 2.84 bits per heavy atom. The van der Waals surface area contributed by atoms with Gasteiger partial charge in [-0.25, -0.2) is 4.79 Å². The third-order valence-electron chi connectivity index (χ3n) is 4.92. The first-order valence-corrected chi connectivity index (χ1v) is 10.1. The van der Waals surface area contributed by atoms with Crippen LogP contribution in [0.15, 0.2) is 11.4 Å². The van der Waals surface area contributed by atoms with E-state index in [0.717, 1.165) is 19.5 Å². The molecule has 1 atom stereocenters. The molecule has 0 bridgehead atoms. The molecule has 0 radical (unpaired) electrons. The first kappa shape index (κ1) is 18.4. The van der Waals surface area contributed by atoms with E-state index >= 15 is 0 Å². The Balaban J connectivity index is 1.52. The SMILES string of the molecule is CCOC(=O)c1ccsc1NC(=O)CN1CCCC(N2CCCC2)C1. The summed E-state index contributed by atoms with van der Waals surface area (Å²) in [7, 11) is 0. The fourth-order valence-corrected chi connectivity index (χ4v) is 4.52. The van der Waals surface area contributed by atoms with Gasteiger partial charge in [-0.05, 0) is 63.7 Å². The molecule has 2 aliphatic rings. The molecule has 1 aromatic heterocycles. The van der Waals surface area contributed by atoms with Crippen LogP contribution in [0, 0.1) is 0 Å². The van der Waals surface area contributed by atoms with Gasteiger partial charge in [0.15, 0.2) is 0 Å². The standard InChI is InChI=1S/C18H27N3O3S/c1-2-24-18(23)15-7-11-25-17(15)19-16(22)13-20-8-5-6-14(12-20)21-9-3-4-10-21/h7,11,14H,2-6,8-10,12-13H2,1H3,(H,19,22). The van der Waals surface area contributed by atoms with Gasteiger partial charge in [0, 0.05) is 12.6 Å². The maximum atomic E-state index is 12.4. The Morgan fingerprint density at radius 1 is 1.28 bits per heavy atom. The fourth-order valence-electron chi connectivity index (χ4n) is 3.72. The summed E-state index contributed by atoms with van der Waals surface area (Å²) in [6.45, 7) is 6.80. The minimum atomic E-state index is -0.383. The third kappa shape index (κ3) is 4.80. The molecule has 2 saturated heterocycles. The molecule has 0 aliphatic carbocycles. The molecule has 1 N–H and O–H groups in total. The predicted molar refractivity (Wildman–Crippen MR) is 99.2 cm³/mol. The van der Waals surface area contributed by atoms with E-state index in [-0.39, 0.29) is 11.9 Å². The topological polar surface area (TPSA) is 61.9 Å². The molecular formula is C18H27N3O3S. The zero-order chi connectivity index (χ0) is 17.6. The van der Waals surface area contributed by atoms with E-state index < -0.39 is 0 Å². The van der Waals surface area contributed by atoms with E-state index in [1.807, 2.05) is 0 Å². The molecule has 25 heavy (non-hydrogen) atoms. The number of ether oxygens (including phenoxy) is 1. The lowest BCUT2D eigenvalue weighted by molar-refractivity contribution is -0.117. The molecule has 2 aliphatic heterocycles. The average molecular weight is 365 g/mol. The summed E-state index contributed by atoms with van der Waals surface area (Å²) in [5.41, 5.74) is 0.439. The summed E-state index contributed by atoms with van der Waals surface area (Å²) < 4.78 is 5.03. The Bertz CT molecular complexity index is 598. The second kappa shape index (κ2) is 8.78. The van der Waals surface area contributed by atoms with Gasteiger partial charge in [0.2, 0.25) is 5.91 Å². The van der Waals surface area contributed by atoms with Crippen molar-refractivity contribution < 1.29 is 14.3 Å². The lowest BCUT2D eigenvalue weighted by atomic mass is 10.0. The van der Waals surface area contributed by atoms with Crippen LogP contribution in [0.1, 0.15) is 43.0 Å². The van der Waals surface area contributed by atoms with E-state index in [1.54, 1.807) is 18.4 Å². The highest BCUT2D eigenvalue weighted by Crippen LogP contribution is 2.24. The van der Waals surface area contributed by atoms with Gasteiger partial charge < -0.3 is 10.1 Å². The molecule has 138 valence electrons. The minimum absolute atomic E-state index is 0.0601. The van der Waals surface area contributed by atoms with Crippen molar-refractivity contribution >= 4 is 28.2 Å². The number of carbonyl (C=O) groups excluding carboxylic acids is 2. The van der Waals surface area contributed by atoms with Crippen LogP contribution in [0.2, 0.25) is 0 Å². The predicted octanol–water partition coefficient (Wildman–Crippen LogP) is 2.42. The summed E-state index contributed by atoms with van der Waals surface area (Å²) in [4.78, 5) is 29.1. The fraction of sp³-hybridized carbons (Fsp3) is 0.667. The van der Waals surface area contributed by atoms with Gasteiger partial charge in [-0.1, -0.05) is 0 Å². The normalized spacial score (nSPS) is 22.0. The monoisotopic (exact) mass is 365 g/mol. The molecule has 0 aromatic carbocycles. The van der Waals surface area contributed by atoms with E-state index in [4.69, 9.17) is 4.74 Å². The number of esters is 1. The van der Waals surface area contributed by atoms with Crippen molar-refractivity contribution in [3.63, 3.8) is 0 Å². The van der Waals surface area contributed by atoms with Gasteiger partial charge in [0.05, 0.1) is 18.7 Å². The number of likely N-dealkylation sites (tertiary alicyclic amines) is 2. The minimum Gasteiger partial charge on any atom is -0.462 e. The Hall–Kier alpha value is -1.44. The van der Waals surface area contributed by atoms with Crippen LogP contribution in [-0.4, -0.2) is 67.0 Å². The highest BCUT2D eigenvalue weighted by molar-refractivity contribution is 7.14. The van der Waals surface area contributed by atoms with E-state index in [9.17, 15) is 9.59 Å². The number of amides is 1. The number of carbonyl (C=O) groups is 2. The first-order valence-electron chi connectivity index (χ1n) is 9.18. The van der Waals surface area contributed by atoms with Gasteiger partial charge in [-0.2, -0.15) is 0 Å². The van der Waals surface area contributed by atoms with Gasteiger partial charge in [0.1, 0.15) is 5.00 Å². The smallest absolute Gasteiger partial charge is 0.341 e. The van der Waals surface area contributed by atoms with Crippen LogP contribution in [0.5, 0.6) is 0 Å². The summed E-state index contributed by atoms with van der Waals surface area (Å²) in [6.07, 6.45) is 4.97.